The molecule has 1 aromatic carbocycles. The zero-order valence-corrected chi connectivity index (χ0v) is 12.2. The molecular weight excluding hydrogens is 283 g/mol. The number of benzene rings is 1. The lowest BCUT2D eigenvalue weighted by Gasteiger charge is -2.36. The zero-order chi connectivity index (χ0) is 14.9. The Balaban J connectivity index is 2.47. The molecule has 3 N–H and O–H groups in total. The summed E-state index contributed by atoms with van der Waals surface area (Å²) in [6.07, 6.45) is 2.50. The van der Waals surface area contributed by atoms with Gasteiger partial charge in [-0.1, -0.05) is 6.42 Å². The molecule has 0 saturated heterocycles. The second-order valence-corrected chi connectivity index (χ2v) is 6.91. The molecule has 112 valence electrons. The highest BCUT2D eigenvalue weighted by atomic mass is 32.2. The van der Waals surface area contributed by atoms with Crippen LogP contribution in [0.3, 0.4) is 0 Å². The number of nitrogens with zero attached hydrogens (tertiary/aromatic N) is 1. The summed E-state index contributed by atoms with van der Waals surface area (Å²) in [7, 11) is -3.85. The van der Waals surface area contributed by atoms with E-state index in [9.17, 15) is 12.8 Å². The Bertz CT molecular complexity index is 600. The first-order valence-electron chi connectivity index (χ1n) is 6.56. The van der Waals surface area contributed by atoms with Crippen LogP contribution in [0.1, 0.15) is 24.8 Å². The number of rotatable bonds is 5. The van der Waals surface area contributed by atoms with Crippen molar-refractivity contribution in [2.24, 2.45) is 0 Å². The number of halogens is 1. The molecule has 5 nitrogen and oxygen atoms in total. The predicted octanol–water partition coefficient (Wildman–Crippen LogP) is 1.25. The van der Waals surface area contributed by atoms with E-state index in [1.165, 1.54) is 17.3 Å². The number of hydrogen-bond donors (Lipinski definition) is 2. The summed E-state index contributed by atoms with van der Waals surface area (Å²) in [5, 5.41) is 9.09. The fraction of sp³-hybridized carbons (Fsp3) is 0.538. The van der Waals surface area contributed by atoms with Crippen LogP contribution in [0, 0.1) is 12.7 Å². The minimum atomic E-state index is -3.85. The van der Waals surface area contributed by atoms with E-state index < -0.39 is 15.8 Å². The maximum Gasteiger partial charge on any atom is 0.243 e. The highest BCUT2D eigenvalue weighted by molar-refractivity contribution is 7.89. The number of nitrogens with two attached hydrogens (primary N) is 1. The molecule has 0 radical (unpaired) electrons. The van der Waals surface area contributed by atoms with E-state index in [1.807, 2.05) is 0 Å². The van der Waals surface area contributed by atoms with Gasteiger partial charge >= 0.3 is 0 Å². The maximum atomic E-state index is 13.7. The van der Waals surface area contributed by atoms with Crippen molar-refractivity contribution in [1.82, 2.24) is 4.31 Å². The third-order valence-electron chi connectivity index (χ3n) is 3.71. The van der Waals surface area contributed by atoms with Crippen LogP contribution in [0.5, 0.6) is 0 Å². The molecule has 7 heteroatoms. The number of nitrogen functional groups attached to an aromatic ring is 1. The van der Waals surface area contributed by atoms with Gasteiger partial charge in [-0.15, -0.1) is 0 Å². The molecule has 0 heterocycles. The Hall–Kier alpha value is -1.18. The van der Waals surface area contributed by atoms with Crippen molar-refractivity contribution in [2.45, 2.75) is 37.1 Å². The number of aliphatic hydroxyl groups is 1. The lowest BCUT2D eigenvalue weighted by atomic mass is 9.93. The summed E-state index contributed by atoms with van der Waals surface area (Å²) >= 11 is 0. The van der Waals surface area contributed by atoms with Crippen LogP contribution in [-0.4, -0.2) is 37.0 Å². The molecule has 20 heavy (non-hydrogen) atoms. The number of aliphatic hydroxyl groups excluding tert-OH is 1. The summed E-state index contributed by atoms with van der Waals surface area (Å²) in [6, 6.07) is 2.27. The number of hydrogen-bond acceptors (Lipinski definition) is 4. The summed E-state index contributed by atoms with van der Waals surface area (Å²) in [5.41, 5.74) is 5.68. The van der Waals surface area contributed by atoms with Gasteiger partial charge in [0, 0.05) is 23.8 Å². The highest BCUT2D eigenvalue weighted by Gasteiger charge is 2.35. The van der Waals surface area contributed by atoms with Crippen molar-refractivity contribution in [3.05, 3.63) is 23.5 Å². The summed E-state index contributed by atoms with van der Waals surface area (Å²) in [6.45, 7) is 1.17. The fourth-order valence-electron chi connectivity index (χ4n) is 2.34. The molecule has 0 aliphatic heterocycles. The second-order valence-electron chi connectivity index (χ2n) is 5.05. The van der Waals surface area contributed by atoms with Crippen LogP contribution in [0.2, 0.25) is 0 Å². The molecule has 0 amide bonds. The predicted molar refractivity (Wildman–Crippen MR) is 74.2 cm³/mol. The van der Waals surface area contributed by atoms with Gasteiger partial charge in [0.2, 0.25) is 10.0 Å². The Kier molecular flexibility index (Phi) is 4.31. The van der Waals surface area contributed by atoms with E-state index in [0.717, 1.165) is 25.3 Å². The van der Waals surface area contributed by atoms with Gasteiger partial charge in [0.15, 0.2) is 0 Å². The summed E-state index contributed by atoms with van der Waals surface area (Å²) < 4.78 is 40.3. The Morgan fingerprint density at radius 1 is 1.45 bits per heavy atom. The molecule has 0 aromatic heterocycles. The average Bonchev–Trinajstić information content (AvgIpc) is 2.30. The van der Waals surface area contributed by atoms with E-state index in [4.69, 9.17) is 10.8 Å². The molecule has 0 spiro atoms. The van der Waals surface area contributed by atoms with E-state index in [-0.39, 0.29) is 35.3 Å². The van der Waals surface area contributed by atoms with E-state index in [0.29, 0.717) is 0 Å². The monoisotopic (exact) mass is 302 g/mol. The summed E-state index contributed by atoms with van der Waals surface area (Å²) in [5.74, 6) is -0.638. The molecule has 1 aliphatic rings. The summed E-state index contributed by atoms with van der Waals surface area (Å²) in [4.78, 5) is -0.115. The smallest absolute Gasteiger partial charge is 0.243 e. The van der Waals surface area contributed by atoms with Gasteiger partial charge in [-0.25, -0.2) is 12.8 Å². The van der Waals surface area contributed by atoms with Crippen molar-refractivity contribution in [2.75, 3.05) is 18.9 Å². The molecule has 1 saturated carbocycles. The lowest BCUT2D eigenvalue weighted by Crippen LogP contribution is -2.45. The van der Waals surface area contributed by atoms with Crippen LogP contribution in [-0.2, 0) is 10.0 Å². The maximum absolute atomic E-state index is 13.7. The minimum absolute atomic E-state index is 0.0167. The SMILES string of the molecule is Cc1c(F)cc(N)cc1S(=O)(=O)N(CCO)C1CCC1. The normalized spacial score (nSPS) is 16.4. The van der Waals surface area contributed by atoms with Crippen LogP contribution >= 0.6 is 0 Å². The first kappa shape index (κ1) is 15.2. The molecule has 1 fully saturated rings. The molecule has 0 bridgehead atoms. The zero-order valence-electron chi connectivity index (χ0n) is 11.3. The van der Waals surface area contributed by atoms with Crippen molar-refractivity contribution in [1.29, 1.82) is 0 Å². The molecule has 0 unspecified atom stereocenters. The van der Waals surface area contributed by atoms with Gasteiger partial charge in [0.05, 0.1) is 11.5 Å². The molecule has 1 aromatic rings. The van der Waals surface area contributed by atoms with Crippen molar-refractivity contribution < 1.29 is 17.9 Å². The van der Waals surface area contributed by atoms with Crippen molar-refractivity contribution in [3.8, 4) is 0 Å². The van der Waals surface area contributed by atoms with E-state index >= 15 is 0 Å². The topological polar surface area (TPSA) is 83.6 Å². The van der Waals surface area contributed by atoms with Gasteiger partial charge in [-0.3, -0.25) is 0 Å². The second kappa shape index (κ2) is 5.67. The molecule has 1 aliphatic carbocycles. The van der Waals surface area contributed by atoms with E-state index in [2.05, 4.69) is 0 Å². The highest BCUT2D eigenvalue weighted by Crippen LogP contribution is 2.32. The van der Waals surface area contributed by atoms with Gasteiger partial charge < -0.3 is 10.8 Å². The van der Waals surface area contributed by atoms with E-state index in [1.54, 1.807) is 0 Å². The minimum Gasteiger partial charge on any atom is -0.399 e. The van der Waals surface area contributed by atoms with Crippen LogP contribution in [0.4, 0.5) is 10.1 Å². The molecular formula is C13H19FN2O3S. The fourth-order valence-corrected chi connectivity index (χ4v) is 4.29. The van der Waals surface area contributed by atoms with Crippen molar-refractivity contribution in [3.63, 3.8) is 0 Å². The van der Waals surface area contributed by atoms with Gasteiger partial charge in [-0.2, -0.15) is 4.31 Å². The number of anilines is 1. The van der Waals surface area contributed by atoms with Gasteiger partial charge in [0.25, 0.3) is 0 Å². The third kappa shape index (κ3) is 2.65. The lowest BCUT2D eigenvalue weighted by molar-refractivity contribution is 0.178. The Morgan fingerprint density at radius 2 is 2.10 bits per heavy atom. The average molecular weight is 302 g/mol. The molecule has 0 atom stereocenters. The number of sulfonamides is 1. The van der Waals surface area contributed by atoms with Gasteiger partial charge in [0.1, 0.15) is 5.82 Å². The first-order chi connectivity index (χ1) is 9.37. The Morgan fingerprint density at radius 3 is 2.60 bits per heavy atom. The Labute approximate surface area is 118 Å². The van der Waals surface area contributed by atoms with Crippen molar-refractivity contribution >= 4 is 15.7 Å². The third-order valence-corrected chi connectivity index (χ3v) is 5.79. The molecule has 2 rings (SSSR count). The van der Waals surface area contributed by atoms with Gasteiger partial charge in [-0.05, 0) is 31.9 Å². The first-order valence-corrected chi connectivity index (χ1v) is 8.00. The largest absolute Gasteiger partial charge is 0.399 e. The van der Waals surface area contributed by atoms with Crippen LogP contribution in [0.25, 0.3) is 0 Å². The van der Waals surface area contributed by atoms with Crippen LogP contribution < -0.4 is 5.73 Å². The quantitative estimate of drug-likeness (QED) is 0.802. The standard InChI is InChI=1S/C13H19FN2O3S/c1-9-12(14)7-10(15)8-13(9)20(18,19)16(5-6-17)11-3-2-4-11/h7-8,11,17H,2-6,15H2,1H3. The van der Waals surface area contributed by atoms with Crippen LogP contribution in [0.15, 0.2) is 17.0 Å².